The maximum absolute atomic E-state index is 10.6. The molecule has 106 valence electrons. The van der Waals surface area contributed by atoms with Crippen LogP contribution in [0.4, 0.5) is 0 Å². The zero-order chi connectivity index (χ0) is 14.8. The van der Waals surface area contributed by atoms with Gasteiger partial charge < -0.3 is 5.11 Å². The van der Waals surface area contributed by atoms with Gasteiger partial charge in [0.25, 0.3) is 0 Å². The number of hydrogen-bond acceptors (Lipinski definition) is 1. The number of aliphatic hydroxyl groups is 1. The van der Waals surface area contributed by atoms with Gasteiger partial charge in [0.05, 0.1) is 16.1 Å². The molecule has 0 heterocycles. The molecule has 1 nitrogen and oxygen atoms in total. The molecule has 0 bridgehead atoms. The van der Waals surface area contributed by atoms with Gasteiger partial charge >= 0.3 is 0 Å². The Morgan fingerprint density at radius 2 is 1.62 bits per heavy atom. The third-order valence-corrected chi connectivity index (χ3v) is 4.33. The highest BCUT2D eigenvalue weighted by Crippen LogP contribution is 2.29. The molecular weight excluding hydrogens is 303 g/mol. The number of benzene rings is 3. The Kier molecular flexibility index (Phi) is 4.16. The fourth-order valence-corrected chi connectivity index (χ4v) is 2.86. The van der Waals surface area contributed by atoms with E-state index in [1.807, 2.05) is 48.5 Å². The molecule has 0 amide bonds. The Morgan fingerprint density at radius 1 is 0.857 bits per heavy atom. The largest absolute Gasteiger partial charge is 0.388 e. The van der Waals surface area contributed by atoms with Crippen LogP contribution in [-0.2, 0) is 6.42 Å². The minimum atomic E-state index is -0.576. The van der Waals surface area contributed by atoms with Crippen molar-refractivity contribution in [2.45, 2.75) is 12.5 Å². The fraction of sp³-hybridized carbons (Fsp3) is 0.111. The van der Waals surface area contributed by atoms with Crippen molar-refractivity contribution in [2.24, 2.45) is 0 Å². The van der Waals surface area contributed by atoms with Crippen molar-refractivity contribution in [1.82, 2.24) is 0 Å². The molecule has 21 heavy (non-hydrogen) atoms. The number of aliphatic hydroxyl groups excluding tert-OH is 1. The molecule has 3 aromatic carbocycles. The first-order valence-corrected chi connectivity index (χ1v) is 7.50. The van der Waals surface area contributed by atoms with Crippen LogP contribution in [0.15, 0.2) is 60.7 Å². The molecule has 1 unspecified atom stereocenters. The molecule has 3 rings (SSSR count). The van der Waals surface area contributed by atoms with Crippen molar-refractivity contribution in [2.75, 3.05) is 0 Å². The summed E-state index contributed by atoms with van der Waals surface area (Å²) in [6, 6.07) is 19.5. The second-order valence-electron chi connectivity index (χ2n) is 5.04. The van der Waals surface area contributed by atoms with Gasteiger partial charge in [0, 0.05) is 6.42 Å². The summed E-state index contributed by atoms with van der Waals surface area (Å²) in [5.41, 5.74) is 1.89. The lowest BCUT2D eigenvalue weighted by molar-refractivity contribution is 0.180. The van der Waals surface area contributed by atoms with Crippen LogP contribution in [0.5, 0.6) is 0 Å². The highest BCUT2D eigenvalue weighted by atomic mass is 35.5. The summed E-state index contributed by atoms with van der Waals surface area (Å²) in [5.74, 6) is 0. The van der Waals surface area contributed by atoms with Gasteiger partial charge in [0.15, 0.2) is 0 Å². The fourth-order valence-electron chi connectivity index (χ4n) is 2.54. The Balaban J connectivity index is 1.93. The summed E-state index contributed by atoms with van der Waals surface area (Å²) in [4.78, 5) is 0. The van der Waals surface area contributed by atoms with Crippen LogP contribution in [0.2, 0.25) is 10.0 Å². The molecule has 0 saturated heterocycles. The van der Waals surface area contributed by atoms with Gasteiger partial charge in [0.2, 0.25) is 0 Å². The third kappa shape index (κ3) is 3.06. The Bertz CT molecular complexity index is 778. The van der Waals surface area contributed by atoms with E-state index in [0.717, 1.165) is 21.9 Å². The van der Waals surface area contributed by atoms with Crippen LogP contribution in [-0.4, -0.2) is 5.11 Å². The minimum absolute atomic E-state index is 0.505. The van der Waals surface area contributed by atoms with Crippen LogP contribution in [0.3, 0.4) is 0 Å². The van der Waals surface area contributed by atoms with E-state index in [9.17, 15) is 5.11 Å². The predicted octanol–water partition coefficient (Wildman–Crippen LogP) is 5.42. The van der Waals surface area contributed by atoms with E-state index in [1.54, 1.807) is 12.1 Å². The van der Waals surface area contributed by atoms with Crippen LogP contribution in [0.25, 0.3) is 10.8 Å². The quantitative estimate of drug-likeness (QED) is 0.683. The topological polar surface area (TPSA) is 20.2 Å². The molecule has 1 N–H and O–H groups in total. The molecule has 0 aliphatic carbocycles. The number of rotatable bonds is 3. The molecule has 0 spiro atoms. The summed E-state index contributed by atoms with van der Waals surface area (Å²) in [7, 11) is 0. The van der Waals surface area contributed by atoms with Crippen LogP contribution in [0, 0.1) is 0 Å². The van der Waals surface area contributed by atoms with E-state index in [1.165, 1.54) is 0 Å². The third-order valence-electron chi connectivity index (χ3n) is 3.60. The first-order chi connectivity index (χ1) is 10.1. The molecule has 0 aliphatic rings. The molecule has 0 aliphatic heterocycles. The maximum Gasteiger partial charge on any atom is 0.0836 e. The maximum atomic E-state index is 10.6. The summed E-state index contributed by atoms with van der Waals surface area (Å²) >= 11 is 11.9. The standard InChI is InChI=1S/C18H14Cl2O/c19-16-9-8-12(10-17(16)20)11-18(21)15-7-3-5-13-4-1-2-6-14(13)15/h1-10,18,21H,11H2. The van der Waals surface area contributed by atoms with Crippen LogP contribution < -0.4 is 0 Å². The van der Waals surface area contributed by atoms with Crippen molar-refractivity contribution in [3.05, 3.63) is 81.8 Å². The van der Waals surface area contributed by atoms with Gasteiger partial charge in [-0.1, -0.05) is 71.7 Å². The van der Waals surface area contributed by atoms with Gasteiger partial charge in [-0.25, -0.2) is 0 Å². The molecule has 0 radical (unpaired) electrons. The zero-order valence-electron chi connectivity index (χ0n) is 11.3. The van der Waals surface area contributed by atoms with E-state index >= 15 is 0 Å². The van der Waals surface area contributed by atoms with E-state index in [0.29, 0.717) is 16.5 Å². The lowest BCUT2D eigenvalue weighted by atomic mass is 9.96. The van der Waals surface area contributed by atoms with Crippen molar-refractivity contribution in [1.29, 1.82) is 0 Å². The molecule has 0 fully saturated rings. The highest BCUT2D eigenvalue weighted by Gasteiger charge is 2.12. The molecule has 1 atom stereocenters. The second kappa shape index (κ2) is 6.07. The molecule has 3 aromatic rings. The lowest BCUT2D eigenvalue weighted by Gasteiger charge is -2.14. The average molecular weight is 317 g/mol. The summed E-state index contributed by atoms with van der Waals surface area (Å²) in [6.07, 6.45) is -0.0708. The number of halogens is 2. The van der Waals surface area contributed by atoms with Gasteiger partial charge in [-0.15, -0.1) is 0 Å². The monoisotopic (exact) mass is 316 g/mol. The van der Waals surface area contributed by atoms with Crippen LogP contribution in [0.1, 0.15) is 17.2 Å². The average Bonchev–Trinajstić information content (AvgIpc) is 2.50. The first-order valence-electron chi connectivity index (χ1n) is 6.75. The molecule has 3 heteroatoms. The minimum Gasteiger partial charge on any atom is -0.388 e. The van der Waals surface area contributed by atoms with E-state index in [2.05, 4.69) is 0 Å². The van der Waals surface area contributed by atoms with Gasteiger partial charge in [-0.3, -0.25) is 0 Å². The molecule has 0 saturated carbocycles. The molecule has 0 aromatic heterocycles. The lowest BCUT2D eigenvalue weighted by Crippen LogP contribution is -2.02. The smallest absolute Gasteiger partial charge is 0.0836 e. The van der Waals surface area contributed by atoms with E-state index < -0.39 is 6.10 Å². The zero-order valence-corrected chi connectivity index (χ0v) is 12.8. The Hall–Kier alpha value is -1.54. The summed E-state index contributed by atoms with van der Waals surface area (Å²) in [6.45, 7) is 0. The Labute approximate surface area is 133 Å². The SMILES string of the molecule is OC(Cc1ccc(Cl)c(Cl)c1)c1cccc2ccccc12. The molecular formula is C18H14Cl2O. The van der Waals surface area contributed by atoms with E-state index in [-0.39, 0.29) is 0 Å². The van der Waals surface area contributed by atoms with Crippen molar-refractivity contribution in [3.63, 3.8) is 0 Å². The normalized spacial score (nSPS) is 12.5. The summed E-state index contributed by atoms with van der Waals surface area (Å²) in [5, 5.41) is 13.8. The van der Waals surface area contributed by atoms with Gasteiger partial charge in [-0.05, 0) is 34.0 Å². The van der Waals surface area contributed by atoms with Crippen LogP contribution >= 0.6 is 23.2 Å². The van der Waals surface area contributed by atoms with Crippen molar-refractivity contribution >= 4 is 34.0 Å². The first kappa shape index (κ1) is 14.4. The Morgan fingerprint density at radius 3 is 2.43 bits per heavy atom. The van der Waals surface area contributed by atoms with E-state index in [4.69, 9.17) is 23.2 Å². The number of hydrogen-bond donors (Lipinski definition) is 1. The second-order valence-corrected chi connectivity index (χ2v) is 5.85. The van der Waals surface area contributed by atoms with Gasteiger partial charge in [0.1, 0.15) is 0 Å². The highest BCUT2D eigenvalue weighted by molar-refractivity contribution is 6.42. The van der Waals surface area contributed by atoms with Crippen molar-refractivity contribution in [3.8, 4) is 0 Å². The predicted molar refractivity (Wildman–Crippen MR) is 89.1 cm³/mol. The van der Waals surface area contributed by atoms with Crippen molar-refractivity contribution < 1.29 is 5.11 Å². The summed E-state index contributed by atoms with van der Waals surface area (Å²) < 4.78 is 0. The van der Waals surface area contributed by atoms with Gasteiger partial charge in [-0.2, -0.15) is 0 Å². The number of fused-ring (bicyclic) bond motifs is 1.